The molecule has 20 heavy (non-hydrogen) atoms. The van der Waals surface area contributed by atoms with Gasteiger partial charge in [-0.3, -0.25) is 4.79 Å². The van der Waals surface area contributed by atoms with Crippen molar-refractivity contribution in [1.29, 1.82) is 0 Å². The molecular weight excluding hydrogens is 289 g/mol. The highest BCUT2D eigenvalue weighted by Crippen LogP contribution is 2.24. The Labute approximate surface area is 117 Å². The fourth-order valence-electron chi connectivity index (χ4n) is 1.53. The molecule has 0 atom stereocenters. The molecule has 0 radical (unpaired) electrons. The lowest BCUT2D eigenvalue weighted by Crippen LogP contribution is -2.22. The molecule has 0 saturated heterocycles. The van der Waals surface area contributed by atoms with Gasteiger partial charge in [0.25, 0.3) is 5.91 Å². The molecule has 2 N–H and O–H groups in total. The number of hydrogen-bond donors (Lipinski definition) is 2. The Hall–Kier alpha value is -2.02. The predicted molar refractivity (Wildman–Crippen MR) is 73.3 cm³/mol. The van der Waals surface area contributed by atoms with Crippen molar-refractivity contribution in [3.63, 3.8) is 0 Å². The molecule has 0 spiro atoms. The van der Waals surface area contributed by atoms with Gasteiger partial charge in [-0.25, -0.2) is 0 Å². The van der Waals surface area contributed by atoms with Crippen LogP contribution < -0.4 is 10.6 Å². The molecule has 0 saturated carbocycles. The van der Waals surface area contributed by atoms with Crippen molar-refractivity contribution < 1.29 is 18.0 Å². The van der Waals surface area contributed by atoms with E-state index in [1.165, 1.54) is 17.4 Å². The maximum atomic E-state index is 12.2. The van der Waals surface area contributed by atoms with Crippen LogP contribution in [0.4, 0.5) is 24.5 Å². The van der Waals surface area contributed by atoms with Gasteiger partial charge in [0.2, 0.25) is 0 Å². The molecule has 7 heteroatoms. The highest BCUT2D eigenvalue weighted by Gasteiger charge is 2.27. The molecule has 3 nitrogen and oxygen atoms in total. The summed E-state index contributed by atoms with van der Waals surface area (Å²) in [5.74, 6) is -0.346. The van der Waals surface area contributed by atoms with Crippen LogP contribution >= 0.6 is 11.3 Å². The number of nitrogens with one attached hydrogen (secondary N) is 2. The van der Waals surface area contributed by atoms with Crippen molar-refractivity contribution >= 4 is 28.6 Å². The lowest BCUT2D eigenvalue weighted by molar-refractivity contribution is -0.115. The summed E-state index contributed by atoms with van der Waals surface area (Å²) in [7, 11) is 0. The number of amides is 1. The first-order valence-electron chi connectivity index (χ1n) is 5.70. The smallest absolute Gasteiger partial charge is 0.375 e. The molecule has 0 aliphatic heterocycles. The van der Waals surface area contributed by atoms with E-state index >= 15 is 0 Å². The highest BCUT2D eigenvalue weighted by molar-refractivity contribution is 7.12. The fraction of sp³-hybridized carbons (Fsp3) is 0.154. The van der Waals surface area contributed by atoms with Gasteiger partial charge in [-0.1, -0.05) is 18.2 Å². The van der Waals surface area contributed by atoms with Crippen LogP contribution in [-0.2, 0) is 0 Å². The van der Waals surface area contributed by atoms with E-state index in [0.717, 1.165) is 0 Å². The van der Waals surface area contributed by atoms with E-state index in [-0.39, 0.29) is 11.6 Å². The van der Waals surface area contributed by atoms with Gasteiger partial charge in [-0.05, 0) is 23.6 Å². The minimum Gasteiger partial charge on any atom is -0.375 e. The number of carbonyl (C=O) groups excluding carboxylic acids is 1. The first kappa shape index (κ1) is 14.4. The van der Waals surface area contributed by atoms with E-state index in [2.05, 4.69) is 10.6 Å². The molecule has 0 aliphatic carbocycles. The first-order chi connectivity index (χ1) is 9.46. The zero-order valence-electron chi connectivity index (χ0n) is 10.2. The zero-order chi connectivity index (χ0) is 14.6. The molecule has 0 aliphatic rings. The highest BCUT2D eigenvalue weighted by atomic mass is 32.1. The van der Waals surface area contributed by atoms with E-state index in [9.17, 15) is 18.0 Å². The molecule has 1 heterocycles. The van der Waals surface area contributed by atoms with Gasteiger partial charge in [-0.15, -0.1) is 11.3 Å². The van der Waals surface area contributed by atoms with Crippen LogP contribution in [-0.4, -0.2) is 18.6 Å². The van der Waals surface area contributed by atoms with Crippen LogP contribution in [0.15, 0.2) is 41.8 Å². The van der Waals surface area contributed by atoms with Crippen molar-refractivity contribution in [2.75, 3.05) is 17.2 Å². The zero-order valence-corrected chi connectivity index (χ0v) is 11.0. The van der Waals surface area contributed by atoms with E-state index in [1.807, 2.05) is 0 Å². The van der Waals surface area contributed by atoms with Gasteiger partial charge < -0.3 is 10.6 Å². The number of para-hydroxylation sites is 2. The average Bonchev–Trinajstić information content (AvgIpc) is 2.90. The summed E-state index contributed by atoms with van der Waals surface area (Å²) in [6.45, 7) is -1.15. The number of alkyl halides is 3. The minimum absolute atomic E-state index is 0.231. The number of hydrogen-bond acceptors (Lipinski definition) is 3. The third kappa shape index (κ3) is 3.99. The second-order valence-corrected chi connectivity index (χ2v) is 4.89. The molecule has 1 amide bonds. The van der Waals surface area contributed by atoms with E-state index < -0.39 is 12.7 Å². The third-order valence-corrected chi connectivity index (χ3v) is 3.27. The maximum Gasteiger partial charge on any atom is 0.405 e. The van der Waals surface area contributed by atoms with Crippen LogP contribution in [0, 0.1) is 0 Å². The molecule has 2 aromatic rings. The molecule has 1 aromatic carbocycles. The van der Waals surface area contributed by atoms with Crippen molar-refractivity contribution in [1.82, 2.24) is 0 Å². The van der Waals surface area contributed by atoms with Gasteiger partial charge in [0.05, 0.1) is 16.3 Å². The second kappa shape index (κ2) is 5.96. The number of halogens is 3. The Bertz CT molecular complexity index is 582. The van der Waals surface area contributed by atoms with E-state index in [0.29, 0.717) is 10.6 Å². The summed E-state index contributed by atoms with van der Waals surface area (Å²) in [6, 6.07) is 9.64. The van der Waals surface area contributed by atoms with Crippen LogP contribution in [0.5, 0.6) is 0 Å². The van der Waals surface area contributed by atoms with Gasteiger partial charge in [0.1, 0.15) is 6.54 Å². The maximum absolute atomic E-state index is 12.2. The number of thiophene rings is 1. The number of carbonyl (C=O) groups is 1. The summed E-state index contributed by atoms with van der Waals surface area (Å²) in [5.41, 5.74) is 0.546. The van der Waals surface area contributed by atoms with E-state index in [1.54, 1.807) is 35.7 Å². The average molecular weight is 300 g/mol. The standard InChI is InChI=1S/C13H11F3N2OS/c14-13(15,16)8-17-9-4-1-2-5-10(9)18-12(19)11-6-3-7-20-11/h1-7,17H,8H2,(H,18,19). The summed E-state index contributed by atoms with van der Waals surface area (Å²) in [6.07, 6.45) is -4.31. The van der Waals surface area contributed by atoms with Crippen molar-refractivity contribution in [3.8, 4) is 0 Å². The third-order valence-electron chi connectivity index (χ3n) is 2.40. The molecule has 106 valence electrons. The van der Waals surface area contributed by atoms with Crippen LogP contribution in [0.25, 0.3) is 0 Å². The fourth-order valence-corrected chi connectivity index (χ4v) is 2.15. The van der Waals surface area contributed by atoms with Crippen LogP contribution in [0.3, 0.4) is 0 Å². The van der Waals surface area contributed by atoms with Gasteiger partial charge in [-0.2, -0.15) is 13.2 Å². The quantitative estimate of drug-likeness (QED) is 0.897. The molecule has 0 unspecified atom stereocenters. The Morgan fingerprint density at radius 2 is 1.80 bits per heavy atom. The van der Waals surface area contributed by atoms with Crippen LogP contribution in [0.1, 0.15) is 9.67 Å². The number of anilines is 2. The predicted octanol–water partition coefficient (Wildman–Crippen LogP) is 3.97. The molecule has 0 fully saturated rings. The SMILES string of the molecule is O=C(Nc1ccccc1NCC(F)(F)F)c1cccs1. The summed E-state index contributed by atoms with van der Waals surface area (Å²) in [5, 5.41) is 6.61. The van der Waals surface area contributed by atoms with Crippen molar-refractivity contribution in [3.05, 3.63) is 46.7 Å². The largest absolute Gasteiger partial charge is 0.405 e. The topological polar surface area (TPSA) is 41.1 Å². The Morgan fingerprint density at radius 1 is 1.10 bits per heavy atom. The number of benzene rings is 1. The summed E-state index contributed by atoms with van der Waals surface area (Å²) < 4.78 is 36.6. The van der Waals surface area contributed by atoms with Crippen LogP contribution in [0.2, 0.25) is 0 Å². The normalized spacial score (nSPS) is 11.2. The Balaban J connectivity index is 2.10. The second-order valence-electron chi connectivity index (χ2n) is 3.95. The first-order valence-corrected chi connectivity index (χ1v) is 6.58. The molecule has 2 rings (SSSR count). The molecule has 1 aromatic heterocycles. The Morgan fingerprint density at radius 3 is 2.40 bits per heavy atom. The molecular formula is C13H11F3N2OS. The van der Waals surface area contributed by atoms with E-state index in [4.69, 9.17) is 0 Å². The number of rotatable bonds is 4. The van der Waals surface area contributed by atoms with Gasteiger partial charge in [0.15, 0.2) is 0 Å². The minimum atomic E-state index is -4.31. The monoisotopic (exact) mass is 300 g/mol. The van der Waals surface area contributed by atoms with Crippen molar-refractivity contribution in [2.45, 2.75) is 6.18 Å². The summed E-state index contributed by atoms with van der Waals surface area (Å²) >= 11 is 1.26. The van der Waals surface area contributed by atoms with Gasteiger partial charge >= 0.3 is 6.18 Å². The molecule has 0 bridgehead atoms. The lowest BCUT2D eigenvalue weighted by atomic mass is 10.2. The van der Waals surface area contributed by atoms with Gasteiger partial charge in [0, 0.05) is 0 Å². The Kier molecular flexibility index (Phi) is 4.29. The lowest BCUT2D eigenvalue weighted by Gasteiger charge is -2.14. The van der Waals surface area contributed by atoms with Crippen molar-refractivity contribution in [2.24, 2.45) is 0 Å². The summed E-state index contributed by atoms with van der Waals surface area (Å²) in [4.78, 5) is 12.4.